The number of sulfonamides is 1. The van der Waals surface area contributed by atoms with Crippen LogP contribution < -0.4 is 9.62 Å². The number of nitro benzene ring substituents is 1. The molecule has 11 heteroatoms. The maximum Gasteiger partial charge on any atom is 0.271 e. The standard InChI is InChI=1S/C25H34N4O6S/c1-5-23(25(31)26-17-19(2)3)27(15-14-20-10-7-6-8-11-20)24(30)18-28(36(4,34)35)21-12-9-13-22(16-21)29(32)33/h6-13,16,19,23H,5,14-15,17-18H2,1-4H3,(H,26,31)/t23-/m0/s1. The predicted molar refractivity (Wildman–Crippen MR) is 139 cm³/mol. The highest BCUT2D eigenvalue weighted by Gasteiger charge is 2.31. The van der Waals surface area contributed by atoms with Crippen LogP contribution in [0.25, 0.3) is 0 Å². The zero-order chi connectivity index (χ0) is 26.9. The molecule has 2 aromatic rings. The lowest BCUT2D eigenvalue weighted by Crippen LogP contribution is -2.53. The van der Waals surface area contributed by atoms with Crippen molar-refractivity contribution in [1.29, 1.82) is 0 Å². The minimum absolute atomic E-state index is 0.000340. The monoisotopic (exact) mass is 518 g/mol. The molecule has 0 saturated carbocycles. The molecule has 2 rings (SSSR count). The highest BCUT2D eigenvalue weighted by Crippen LogP contribution is 2.23. The first kappa shape index (κ1) is 28.8. The topological polar surface area (TPSA) is 130 Å². The van der Waals surface area contributed by atoms with Crippen molar-refractivity contribution in [1.82, 2.24) is 10.2 Å². The molecule has 0 heterocycles. The van der Waals surface area contributed by atoms with E-state index >= 15 is 0 Å². The number of carbonyl (C=O) groups excluding carboxylic acids is 2. The van der Waals surface area contributed by atoms with Gasteiger partial charge in [-0.2, -0.15) is 0 Å². The molecular weight excluding hydrogens is 484 g/mol. The van der Waals surface area contributed by atoms with Gasteiger partial charge in [0.1, 0.15) is 12.6 Å². The van der Waals surface area contributed by atoms with Crippen LogP contribution in [-0.4, -0.2) is 62.0 Å². The molecule has 10 nitrogen and oxygen atoms in total. The van der Waals surface area contributed by atoms with E-state index in [2.05, 4.69) is 5.32 Å². The number of nitro groups is 1. The molecule has 0 saturated heterocycles. The van der Waals surface area contributed by atoms with Gasteiger partial charge in [0, 0.05) is 25.2 Å². The molecule has 36 heavy (non-hydrogen) atoms. The number of rotatable bonds is 13. The van der Waals surface area contributed by atoms with E-state index in [0.717, 1.165) is 22.2 Å². The van der Waals surface area contributed by atoms with E-state index in [4.69, 9.17) is 0 Å². The first-order valence-corrected chi connectivity index (χ1v) is 13.6. The van der Waals surface area contributed by atoms with Crippen molar-refractivity contribution in [2.24, 2.45) is 5.92 Å². The Kier molecular flexibility index (Phi) is 10.4. The molecule has 196 valence electrons. The minimum atomic E-state index is -3.97. The molecular formula is C25H34N4O6S. The Morgan fingerprint density at radius 2 is 1.75 bits per heavy atom. The van der Waals surface area contributed by atoms with Gasteiger partial charge in [0.15, 0.2) is 0 Å². The van der Waals surface area contributed by atoms with Gasteiger partial charge in [0.05, 0.1) is 16.9 Å². The van der Waals surface area contributed by atoms with Crippen LogP contribution in [0.5, 0.6) is 0 Å². The highest BCUT2D eigenvalue weighted by atomic mass is 32.2. The second kappa shape index (κ2) is 13.0. The molecule has 1 N–H and O–H groups in total. The molecule has 1 atom stereocenters. The molecule has 0 aliphatic heterocycles. The average Bonchev–Trinajstić information content (AvgIpc) is 2.83. The number of nitrogens with zero attached hydrogens (tertiary/aromatic N) is 3. The summed E-state index contributed by atoms with van der Waals surface area (Å²) in [7, 11) is -3.97. The third-order valence-corrected chi connectivity index (χ3v) is 6.70. The SMILES string of the molecule is CC[C@@H](C(=O)NCC(C)C)N(CCc1ccccc1)C(=O)CN(c1cccc([N+](=O)[O-])c1)S(C)(=O)=O. The lowest BCUT2D eigenvalue weighted by atomic mass is 10.1. The molecule has 0 fully saturated rings. The Bertz CT molecular complexity index is 1150. The van der Waals surface area contributed by atoms with E-state index in [1.165, 1.54) is 23.1 Å². The Labute approximate surface area is 212 Å². The van der Waals surface area contributed by atoms with Gasteiger partial charge in [-0.1, -0.05) is 57.2 Å². The van der Waals surface area contributed by atoms with Crippen molar-refractivity contribution in [2.45, 2.75) is 39.7 Å². The third kappa shape index (κ3) is 8.33. The van der Waals surface area contributed by atoms with Crippen molar-refractivity contribution in [3.63, 3.8) is 0 Å². The molecule has 0 spiro atoms. The fraction of sp³-hybridized carbons (Fsp3) is 0.440. The Hall–Kier alpha value is -3.47. The molecule has 0 aliphatic rings. The zero-order valence-corrected chi connectivity index (χ0v) is 21.9. The van der Waals surface area contributed by atoms with Gasteiger partial charge in [-0.05, 0) is 30.4 Å². The number of nitrogens with one attached hydrogen (secondary N) is 1. The van der Waals surface area contributed by atoms with Gasteiger partial charge in [-0.25, -0.2) is 8.42 Å². The highest BCUT2D eigenvalue weighted by molar-refractivity contribution is 7.92. The van der Waals surface area contributed by atoms with E-state index in [9.17, 15) is 28.1 Å². The number of hydrogen-bond donors (Lipinski definition) is 1. The summed E-state index contributed by atoms with van der Waals surface area (Å²) in [4.78, 5) is 38.5. The van der Waals surface area contributed by atoms with Gasteiger partial charge in [-0.15, -0.1) is 0 Å². The number of anilines is 1. The van der Waals surface area contributed by atoms with Crippen molar-refractivity contribution < 1.29 is 22.9 Å². The lowest BCUT2D eigenvalue weighted by Gasteiger charge is -2.33. The number of benzene rings is 2. The number of hydrogen-bond acceptors (Lipinski definition) is 6. The molecule has 0 aromatic heterocycles. The normalized spacial score (nSPS) is 12.1. The lowest BCUT2D eigenvalue weighted by molar-refractivity contribution is -0.384. The molecule has 0 aliphatic carbocycles. The van der Waals surface area contributed by atoms with Crippen LogP contribution in [0.4, 0.5) is 11.4 Å². The Morgan fingerprint density at radius 1 is 1.08 bits per heavy atom. The summed E-state index contributed by atoms with van der Waals surface area (Å²) in [5.41, 5.74) is 0.667. The molecule has 2 amide bonds. The van der Waals surface area contributed by atoms with Crippen LogP contribution >= 0.6 is 0 Å². The molecule has 0 unspecified atom stereocenters. The van der Waals surface area contributed by atoms with Gasteiger partial charge in [-0.3, -0.25) is 24.0 Å². The van der Waals surface area contributed by atoms with Crippen LogP contribution in [0.15, 0.2) is 54.6 Å². The Morgan fingerprint density at radius 3 is 2.31 bits per heavy atom. The first-order chi connectivity index (χ1) is 16.9. The number of non-ortho nitro benzene ring substituents is 1. The smallest absolute Gasteiger partial charge is 0.271 e. The maximum atomic E-state index is 13.6. The fourth-order valence-corrected chi connectivity index (χ4v) is 4.54. The van der Waals surface area contributed by atoms with Crippen molar-refractivity contribution in [2.75, 3.05) is 30.2 Å². The van der Waals surface area contributed by atoms with E-state index in [-0.39, 0.29) is 29.7 Å². The van der Waals surface area contributed by atoms with Crippen LogP contribution in [0, 0.1) is 16.0 Å². The summed E-state index contributed by atoms with van der Waals surface area (Å²) < 4.78 is 26.0. The number of carbonyl (C=O) groups is 2. The molecule has 0 radical (unpaired) electrons. The van der Waals surface area contributed by atoms with Crippen LogP contribution in [-0.2, 0) is 26.0 Å². The van der Waals surface area contributed by atoms with Crippen LogP contribution in [0.1, 0.15) is 32.8 Å². The van der Waals surface area contributed by atoms with Crippen LogP contribution in [0.2, 0.25) is 0 Å². The summed E-state index contributed by atoms with van der Waals surface area (Å²) in [6.45, 7) is 5.76. The maximum absolute atomic E-state index is 13.6. The Balaban J connectivity index is 2.38. The minimum Gasteiger partial charge on any atom is -0.354 e. The van der Waals surface area contributed by atoms with Crippen molar-refractivity contribution >= 4 is 33.2 Å². The predicted octanol–water partition coefficient (Wildman–Crippen LogP) is 2.98. The van der Waals surface area contributed by atoms with Crippen molar-refractivity contribution in [3.05, 3.63) is 70.3 Å². The first-order valence-electron chi connectivity index (χ1n) is 11.8. The van der Waals surface area contributed by atoms with Gasteiger partial charge < -0.3 is 10.2 Å². The van der Waals surface area contributed by atoms with Gasteiger partial charge in [0.25, 0.3) is 5.69 Å². The largest absolute Gasteiger partial charge is 0.354 e. The average molecular weight is 519 g/mol. The van der Waals surface area contributed by atoms with E-state index in [1.54, 1.807) is 6.92 Å². The second-order valence-corrected chi connectivity index (χ2v) is 10.8. The fourth-order valence-electron chi connectivity index (χ4n) is 3.69. The second-order valence-electron chi connectivity index (χ2n) is 8.93. The zero-order valence-electron chi connectivity index (χ0n) is 21.1. The molecule has 2 aromatic carbocycles. The third-order valence-electron chi connectivity index (χ3n) is 5.56. The summed E-state index contributed by atoms with van der Waals surface area (Å²) in [5, 5.41) is 14.1. The van der Waals surface area contributed by atoms with E-state index in [1.807, 2.05) is 44.2 Å². The van der Waals surface area contributed by atoms with Crippen molar-refractivity contribution in [3.8, 4) is 0 Å². The number of amides is 2. The quantitative estimate of drug-likeness (QED) is 0.320. The summed E-state index contributed by atoms with van der Waals surface area (Å²) in [5.74, 6) is -0.669. The van der Waals surface area contributed by atoms with Gasteiger partial charge in [0.2, 0.25) is 21.8 Å². The van der Waals surface area contributed by atoms with E-state index in [0.29, 0.717) is 19.4 Å². The molecule has 0 bridgehead atoms. The van der Waals surface area contributed by atoms with Crippen LogP contribution in [0.3, 0.4) is 0 Å². The van der Waals surface area contributed by atoms with Gasteiger partial charge >= 0.3 is 0 Å². The summed E-state index contributed by atoms with van der Waals surface area (Å²) in [6, 6.07) is 13.8. The summed E-state index contributed by atoms with van der Waals surface area (Å²) >= 11 is 0. The van der Waals surface area contributed by atoms with E-state index < -0.39 is 33.4 Å². The summed E-state index contributed by atoms with van der Waals surface area (Å²) in [6.07, 6.45) is 1.73.